The van der Waals surface area contributed by atoms with Crippen LogP contribution < -0.4 is 5.32 Å². The molecule has 0 saturated carbocycles. The van der Waals surface area contributed by atoms with E-state index in [1.165, 1.54) is 0 Å². The van der Waals surface area contributed by atoms with Crippen LogP contribution in [0.5, 0.6) is 0 Å². The molecule has 2 aromatic carbocycles. The summed E-state index contributed by atoms with van der Waals surface area (Å²) in [6, 6.07) is 15.2. The Hall–Kier alpha value is -2.44. The molecule has 2 heterocycles. The normalized spacial score (nSPS) is 19.9. The molecule has 7 heteroatoms. The topological polar surface area (TPSA) is 59.8 Å². The van der Waals surface area contributed by atoms with Crippen LogP contribution in [0.25, 0.3) is 11.4 Å². The number of carbonyl (C=O) groups excluding carboxylic acids is 1. The number of allylic oxidation sites excluding steroid dienone is 2. The third-order valence-corrected chi connectivity index (χ3v) is 6.40. The van der Waals surface area contributed by atoms with Crippen LogP contribution in [0.15, 0.2) is 64.3 Å². The lowest BCUT2D eigenvalue weighted by Crippen LogP contribution is -2.36. The van der Waals surface area contributed by atoms with Gasteiger partial charge in [-0.05, 0) is 53.8 Å². The molecule has 5 nitrogen and oxygen atoms in total. The van der Waals surface area contributed by atoms with E-state index < -0.39 is 0 Å². The van der Waals surface area contributed by atoms with E-state index >= 15 is 0 Å². The summed E-state index contributed by atoms with van der Waals surface area (Å²) in [6.07, 6.45) is 1.32. The summed E-state index contributed by atoms with van der Waals surface area (Å²) in [5.41, 5.74) is 3.54. The number of nitrogens with zero attached hydrogens (tertiary/aromatic N) is 3. The van der Waals surface area contributed by atoms with E-state index in [4.69, 9.17) is 21.7 Å². The van der Waals surface area contributed by atoms with Gasteiger partial charge in [-0.2, -0.15) is 4.98 Å². The smallest absolute Gasteiger partial charge is 0.226 e. The van der Waals surface area contributed by atoms with E-state index in [-0.39, 0.29) is 17.2 Å². The molecular formula is C23H20BrClN4O. The van der Waals surface area contributed by atoms with E-state index in [1.807, 2.05) is 53.2 Å². The second-order valence-electron chi connectivity index (χ2n) is 8.62. The standard InChI is InChI=1S/C23H20BrClN4O/c1-23(2)11-17-19(18(30)12-23)20(13-3-7-15(24)8-4-13)29-22(26-17)27-21(28-29)14-5-9-16(25)10-6-14/h3-10,20H,11-12H2,1-2H3,(H,26,27,28). The highest BCUT2D eigenvalue weighted by Gasteiger charge is 2.41. The lowest BCUT2D eigenvalue weighted by molar-refractivity contribution is -0.118. The van der Waals surface area contributed by atoms with Crippen molar-refractivity contribution >= 4 is 39.3 Å². The molecule has 1 aliphatic carbocycles. The van der Waals surface area contributed by atoms with Crippen LogP contribution in [0.2, 0.25) is 5.02 Å². The van der Waals surface area contributed by atoms with Crippen LogP contribution in [0.4, 0.5) is 5.95 Å². The maximum absolute atomic E-state index is 13.2. The van der Waals surface area contributed by atoms with E-state index in [0.29, 0.717) is 23.2 Å². The molecule has 1 atom stereocenters. The summed E-state index contributed by atoms with van der Waals surface area (Å²) in [5, 5.41) is 8.87. The van der Waals surface area contributed by atoms with Gasteiger partial charge in [-0.15, -0.1) is 5.10 Å². The molecule has 1 aromatic heterocycles. The highest BCUT2D eigenvalue weighted by atomic mass is 79.9. The van der Waals surface area contributed by atoms with Crippen molar-refractivity contribution in [1.82, 2.24) is 14.8 Å². The number of carbonyl (C=O) groups is 1. The van der Waals surface area contributed by atoms with E-state index in [0.717, 1.165) is 33.3 Å². The Labute approximate surface area is 188 Å². The van der Waals surface area contributed by atoms with Crippen molar-refractivity contribution in [3.05, 3.63) is 74.9 Å². The van der Waals surface area contributed by atoms with Gasteiger partial charge in [0.05, 0.1) is 0 Å². The third-order valence-electron chi connectivity index (χ3n) is 5.62. The fraction of sp³-hybridized carbons (Fsp3) is 0.261. The Kier molecular flexibility index (Phi) is 4.60. The van der Waals surface area contributed by atoms with Gasteiger partial charge in [-0.25, -0.2) is 4.68 Å². The number of hydrogen-bond donors (Lipinski definition) is 1. The maximum Gasteiger partial charge on any atom is 0.226 e. The van der Waals surface area contributed by atoms with Crippen molar-refractivity contribution in [3.8, 4) is 11.4 Å². The molecule has 3 aromatic rings. The Bertz CT molecular complexity index is 1180. The molecule has 1 N–H and O–H groups in total. The molecule has 0 spiro atoms. The molecule has 1 unspecified atom stereocenters. The molecular weight excluding hydrogens is 464 g/mol. The minimum Gasteiger partial charge on any atom is -0.328 e. The first-order valence-corrected chi connectivity index (χ1v) is 11.0. The number of halogens is 2. The van der Waals surface area contributed by atoms with Crippen LogP contribution >= 0.6 is 27.5 Å². The molecule has 5 rings (SSSR count). The third kappa shape index (κ3) is 3.38. The Morgan fingerprint density at radius 1 is 1.10 bits per heavy atom. The number of rotatable bonds is 2. The predicted molar refractivity (Wildman–Crippen MR) is 121 cm³/mol. The van der Waals surface area contributed by atoms with Gasteiger partial charge in [0.25, 0.3) is 0 Å². The summed E-state index contributed by atoms with van der Waals surface area (Å²) >= 11 is 9.54. The Morgan fingerprint density at radius 2 is 1.80 bits per heavy atom. The molecule has 30 heavy (non-hydrogen) atoms. The van der Waals surface area contributed by atoms with E-state index in [2.05, 4.69) is 35.1 Å². The van der Waals surface area contributed by atoms with Crippen LogP contribution in [0.3, 0.4) is 0 Å². The molecule has 0 saturated heterocycles. The second-order valence-corrected chi connectivity index (χ2v) is 9.97. The van der Waals surface area contributed by atoms with Crippen LogP contribution in [0, 0.1) is 5.41 Å². The lowest BCUT2D eigenvalue weighted by atomic mass is 9.73. The predicted octanol–water partition coefficient (Wildman–Crippen LogP) is 6.02. The zero-order valence-electron chi connectivity index (χ0n) is 16.6. The summed E-state index contributed by atoms with van der Waals surface area (Å²) in [6.45, 7) is 4.26. The summed E-state index contributed by atoms with van der Waals surface area (Å²) in [5.74, 6) is 1.41. The number of Topliss-reactive ketones (excluding diaryl/α,β-unsaturated/α-hetero) is 1. The Morgan fingerprint density at radius 3 is 2.50 bits per heavy atom. The molecule has 2 aliphatic rings. The maximum atomic E-state index is 13.2. The number of ketones is 1. The number of hydrogen-bond acceptors (Lipinski definition) is 4. The minimum atomic E-state index is -0.304. The molecule has 1 aliphatic heterocycles. The van der Waals surface area contributed by atoms with Crippen molar-refractivity contribution in [2.45, 2.75) is 32.7 Å². The van der Waals surface area contributed by atoms with Crippen molar-refractivity contribution < 1.29 is 4.79 Å². The Balaban J connectivity index is 1.67. The SMILES string of the molecule is CC1(C)CC(=O)C2=C(C1)Nc1nc(-c3ccc(Cl)cc3)nn1C2c1ccc(Br)cc1. The van der Waals surface area contributed by atoms with Gasteiger partial charge in [-0.1, -0.05) is 53.5 Å². The quantitative estimate of drug-likeness (QED) is 0.484. The molecule has 0 radical (unpaired) electrons. The average molecular weight is 484 g/mol. The highest BCUT2D eigenvalue weighted by molar-refractivity contribution is 9.10. The number of nitrogens with one attached hydrogen (secondary N) is 1. The lowest BCUT2D eigenvalue weighted by Gasteiger charge is -2.38. The summed E-state index contributed by atoms with van der Waals surface area (Å²) < 4.78 is 2.83. The molecule has 152 valence electrons. The van der Waals surface area contributed by atoms with Gasteiger partial charge in [0.15, 0.2) is 11.6 Å². The summed E-state index contributed by atoms with van der Waals surface area (Å²) in [4.78, 5) is 18.0. The van der Waals surface area contributed by atoms with Gasteiger partial charge < -0.3 is 5.32 Å². The van der Waals surface area contributed by atoms with Crippen molar-refractivity contribution in [3.63, 3.8) is 0 Å². The first-order chi connectivity index (χ1) is 14.3. The van der Waals surface area contributed by atoms with E-state index in [1.54, 1.807) is 0 Å². The van der Waals surface area contributed by atoms with E-state index in [9.17, 15) is 4.79 Å². The number of aromatic nitrogens is 3. The molecule has 0 amide bonds. The van der Waals surface area contributed by atoms with Gasteiger partial charge in [0.2, 0.25) is 5.95 Å². The molecule has 0 bridgehead atoms. The molecule has 0 fully saturated rings. The number of fused-ring (bicyclic) bond motifs is 1. The second kappa shape index (κ2) is 7.06. The van der Waals surface area contributed by atoms with Crippen LogP contribution in [-0.4, -0.2) is 20.5 Å². The van der Waals surface area contributed by atoms with Crippen LogP contribution in [-0.2, 0) is 4.79 Å². The first-order valence-electron chi connectivity index (χ1n) is 9.82. The van der Waals surface area contributed by atoms with Gasteiger partial charge in [-0.3, -0.25) is 4.79 Å². The minimum absolute atomic E-state index is 0.0889. The summed E-state index contributed by atoms with van der Waals surface area (Å²) in [7, 11) is 0. The zero-order valence-corrected chi connectivity index (χ0v) is 19.0. The largest absolute Gasteiger partial charge is 0.328 e. The fourth-order valence-corrected chi connectivity index (χ4v) is 4.67. The monoisotopic (exact) mass is 482 g/mol. The fourth-order valence-electron chi connectivity index (χ4n) is 4.28. The van der Waals surface area contributed by atoms with Gasteiger partial charge in [0.1, 0.15) is 6.04 Å². The van der Waals surface area contributed by atoms with Crippen molar-refractivity contribution in [2.24, 2.45) is 5.41 Å². The first kappa shape index (κ1) is 19.5. The van der Waals surface area contributed by atoms with Crippen LogP contribution in [0.1, 0.15) is 38.3 Å². The van der Waals surface area contributed by atoms with Gasteiger partial charge in [0, 0.05) is 32.7 Å². The highest BCUT2D eigenvalue weighted by Crippen LogP contribution is 2.45. The van der Waals surface area contributed by atoms with Gasteiger partial charge >= 0.3 is 0 Å². The number of anilines is 1. The van der Waals surface area contributed by atoms with Crippen molar-refractivity contribution in [2.75, 3.05) is 5.32 Å². The van der Waals surface area contributed by atoms with Crippen molar-refractivity contribution in [1.29, 1.82) is 0 Å². The zero-order chi connectivity index (χ0) is 21.0. The average Bonchev–Trinajstić information content (AvgIpc) is 3.10. The number of benzene rings is 2.